The number of thiophene rings is 1. The van der Waals surface area contributed by atoms with E-state index in [1.54, 1.807) is 11.3 Å². The molecule has 0 saturated carbocycles. The van der Waals surface area contributed by atoms with Crippen LogP contribution in [0.2, 0.25) is 0 Å². The Balaban J connectivity index is 1.74. The topological polar surface area (TPSA) is 42.0 Å². The first-order chi connectivity index (χ1) is 12.1. The van der Waals surface area contributed by atoms with Crippen LogP contribution in [0, 0.1) is 13.8 Å². The van der Waals surface area contributed by atoms with E-state index in [2.05, 4.69) is 44.3 Å². The summed E-state index contributed by atoms with van der Waals surface area (Å²) in [7, 11) is 0. The van der Waals surface area contributed by atoms with Crippen molar-refractivity contribution in [3.63, 3.8) is 0 Å². The molecule has 0 atom stereocenters. The SMILES string of the molecule is CCc1cc2c(C)ccc(C)c2nc1SCC(=O)NCc1cccs1. The van der Waals surface area contributed by atoms with Crippen LogP contribution in [-0.4, -0.2) is 16.6 Å². The normalized spacial score (nSPS) is 11.0. The first kappa shape index (κ1) is 18.0. The highest BCUT2D eigenvalue weighted by Crippen LogP contribution is 2.28. The molecule has 0 radical (unpaired) electrons. The highest BCUT2D eigenvalue weighted by Gasteiger charge is 2.11. The summed E-state index contributed by atoms with van der Waals surface area (Å²) in [6, 6.07) is 10.5. The molecule has 3 aromatic rings. The third kappa shape index (κ3) is 4.22. The standard InChI is InChI=1S/C20H22N2OS2/c1-4-15-10-17-13(2)7-8-14(3)19(17)22-20(15)25-12-18(23)21-11-16-6-5-9-24-16/h5-10H,4,11-12H2,1-3H3,(H,21,23). The molecule has 0 fully saturated rings. The highest BCUT2D eigenvalue weighted by atomic mass is 32.2. The van der Waals surface area contributed by atoms with Gasteiger partial charge in [0.1, 0.15) is 5.03 Å². The van der Waals surface area contributed by atoms with E-state index in [4.69, 9.17) is 4.98 Å². The van der Waals surface area contributed by atoms with Gasteiger partial charge in [0, 0.05) is 10.3 Å². The maximum atomic E-state index is 12.1. The molecule has 3 rings (SSSR count). The van der Waals surface area contributed by atoms with Crippen LogP contribution in [0.5, 0.6) is 0 Å². The van der Waals surface area contributed by atoms with Crippen molar-refractivity contribution in [3.05, 3.63) is 57.3 Å². The van der Waals surface area contributed by atoms with Crippen LogP contribution in [0.3, 0.4) is 0 Å². The van der Waals surface area contributed by atoms with Crippen molar-refractivity contribution >= 4 is 39.9 Å². The molecule has 0 aliphatic heterocycles. The molecule has 3 nitrogen and oxygen atoms in total. The van der Waals surface area contributed by atoms with Crippen LogP contribution >= 0.6 is 23.1 Å². The smallest absolute Gasteiger partial charge is 0.230 e. The molecular weight excluding hydrogens is 348 g/mol. The van der Waals surface area contributed by atoms with Gasteiger partial charge in [0.2, 0.25) is 5.91 Å². The third-order valence-electron chi connectivity index (χ3n) is 4.20. The number of aryl methyl sites for hydroxylation is 3. The average molecular weight is 371 g/mol. The molecule has 0 aliphatic rings. The quantitative estimate of drug-likeness (QED) is 0.629. The minimum atomic E-state index is 0.0447. The Morgan fingerprint density at radius 1 is 1.24 bits per heavy atom. The van der Waals surface area contributed by atoms with Gasteiger partial charge in [-0.25, -0.2) is 4.98 Å². The number of thioether (sulfide) groups is 1. The Labute approximate surface area is 156 Å². The number of amides is 1. The fourth-order valence-corrected chi connectivity index (χ4v) is 4.28. The van der Waals surface area contributed by atoms with Crippen molar-refractivity contribution in [1.29, 1.82) is 0 Å². The molecule has 2 aromatic heterocycles. The average Bonchev–Trinajstić information content (AvgIpc) is 3.14. The van der Waals surface area contributed by atoms with Crippen LogP contribution in [0.4, 0.5) is 0 Å². The molecule has 1 amide bonds. The van der Waals surface area contributed by atoms with Crippen molar-refractivity contribution < 1.29 is 4.79 Å². The zero-order valence-electron chi connectivity index (χ0n) is 14.8. The molecule has 0 bridgehead atoms. The zero-order valence-corrected chi connectivity index (χ0v) is 16.4. The van der Waals surface area contributed by atoms with Gasteiger partial charge < -0.3 is 5.32 Å². The van der Waals surface area contributed by atoms with Crippen molar-refractivity contribution in [2.45, 2.75) is 38.8 Å². The number of aromatic nitrogens is 1. The number of fused-ring (bicyclic) bond motifs is 1. The van der Waals surface area contributed by atoms with Crippen LogP contribution in [0.1, 0.15) is 28.5 Å². The molecule has 25 heavy (non-hydrogen) atoms. The summed E-state index contributed by atoms with van der Waals surface area (Å²) in [5, 5.41) is 7.17. The molecule has 0 spiro atoms. The van der Waals surface area contributed by atoms with Crippen LogP contribution in [0.15, 0.2) is 40.7 Å². The molecule has 130 valence electrons. The minimum Gasteiger partial charge on any atom is -0.350 e. The second-order valence-corrected chi connectivity index (χ2v) is 8.04. The fraction of sp³-hybridized carbons (Fsp3) is 0.300. The Morgan fingerprint density at radius 3 is 2.76 bits per heavy atom. The summed E-state index contributed by atoms with van der Waals surface area (Å²) < 4.78 is 0. The van der Waals surface area contributed by atoms with Crippen molar-refractivity contribution in [1.82, 2.24) is 10.3 Å². The monoisotopic (exact) mass is 370 g/mol. The summed E-state index contributed by atoms with van der Waals surface area (Å²) in [6.07, 6.45) is 0.912. The van der Waals surface area contributed by atoms with Crippen molar-refractivity contribution in [2.24, 2.45) is 0 Å². The van der Waals surface area contributed by atoms with Crippen molar-refractivity contribution in [2.75, 3.05) is 5.75 Å². The van der Waals surface area contributed by atoms with E-state index in [1.165, 1.54) is 38.7 Å². The zero-order chi connectivity index (χ0) is 17.8. The molecule has 1 aromatic carbocycles. The molecule has 0 unspecified atom stereocenters. The van der Waals surface area contributed by atoms with Gasteiger partial charge in [0.25, 0.3) is 0 Å². The summed E-state index contributed by atoms with van der Waals surface area (Å²) in [5.41, 5.74) is 4.66. The van der Waals surface area contributed by atoms with Gasteiger partial charge in [0.05, 0.1) is 17.8 Å². The largest absolute Gasteiger partial charge is 0.350 e. The third-order valence-corrected chi connectivity index (χ3v) is 6.11. The first-order valence-corrected chi connectivity index (χ1v) is 10.3. The van der Waals surface area contributed by atoms with E-state index >= 15 is 0 Å². The Bertz CT molecular complexity index is 888. The van der Waals surface area contributed by atoms with E-state index in [-0.39, 0.29) is 5.91 Å². The second kappa shape index (κ2) is 8.02. The molecule has 1 N–H and O–H groups in total. The van der Waals surface area contributed by atoms with Gasteiger partial charge in [-0.15, -0.1) is 11.3 Å². The Morgan fingerprint density at radius 2 is 2.04 bits per heavy atom. The van der Waals surface area contributed by atoms with E-state index in [9.17, 15) is 4.79 Å². The maximum absolute atomic E-state index is 12.1. The van der Waals surface area contributed by atoms with E-state index < -0.39 is 0 Å². The van der Waals surface area contributed by atoms with E-state index in [0.29, 0.717) is 12.3 Å². The predicted molar refractivity (Wildman–Crippen MR) is 107 cm³/mol. The predicted octanol–water partition coefficient (Wildman–Crippen LogP) is 4.88. The lowest BCUT2D eigenvalue weighted by Gasteiger charge is -2.12. The van der Waals surface area contributed by atoms with Crippen LogP contribution < -0.4 is 5.32 Å². The molecule has 2 heterocycles. The Kier molecular flexibility index (Phi) is 5.76. The summed E-state index contributed by atoms with van der Waals surface area (Å²) in [5.74, 6) is 0.435. The number of benzene rings is 1. The van der Waals surface area contributed by atoms with Gasteiger partial charge >= 0.3 is 0 Å². The number of hydrogen-bond donors (Lipinski definition) is 1. The first-order valence-electron chi connectivity index (χ1n) is 8.40. The molecule has 0 saturated heterocycles. The van der Waals surface area contributed by atoms with Crippen LogP contribution in [0.25, 0.3) is 10.9 Å². The second-order valence-electron chi connectivity index (χ2n) is 6.05. The fourth-order valence-electron chi connectivity index (χ4n) is 2.72. The lowest BCUT2D eigenvalue weighted by Crippen LogP contribution is -2.24. The molecule has 0 aliphatic carbocycles. The van der Waals surface area contributed by atoms with E-state index in [1.807, 2.05) is 17.5 Å². The van der Waals surface area contributed by atoms with Crippen molar-refractivity contribution in [3.8, 4) is 0 Å². The number of nitrogens with zero attached hydrogens (tertiary/aromatic N) is 1. The number of carbonyl (C=O) groups excluding carboxylic acids is 1. The number of rotatable bonds is 6. The van der Waals surface area contributed by atoms with Gasteiger partial charge in [-0.2, -0.15) is 0 Å². The number of hydrogen-bond acceptors (Lipinski definition) is 4. The van der Waals surface area contributed by atoms with Crippen LogP contribution in [-0.2, 0) is 17.8 Å². The number of nitrogens with one attached hydrogen (secondary N) is 1. The lowest BCUT2D eigenvalue weighted by atomic mass is 10.0. The van der Waals surface area contributed by atoms with Gasteiger partial charge in [0.15, 0.2) is 0 Å². The van der Waals surface area contributed by atoms with Gasteiger partial charge in [-0.05, 0) is 54.5 Å². The van der Waals surface area contributed by atoms with Gasteiger partial charge in [-0.3, -0.25) is 4.79 Å². The molecular formula is C20H22N2OS2. The van der Waals surface area contributed by atoms with E-state index in [0.717, 1.165) is 17.0 Å². The maximum Gasteiger partial charge on any atom is 0.230 e. The summed E-state index contributed by atoms with van der Waals surface area (Å²) >= 11 is 3.18. The number of carbonyl (C=O) groups is 1. The number of pyridine rings is 1. The summed E-state index contributed by atoms with van der Waals surface area (Å²) in [4.78, 5) is 18.2. The minimum absolute atomic E-state index is 0.0447. The summed E-state index contributed by atoms with van der Waals surface area (Å²) in [6.45, 7) is 6.94. The molecule has 5 heteroatoms. The lowest BCUT2D eigenvalue weighted by molar-refractivity contribution is -0.118. The highest BCUT2D eigenvalue weighted by molar-refractivity contribution is 7.99. The Hall–Kier alpha value is -1.85. The van der Waals surface area contributed by atoms with Gasteiger partial charge in [-0.1, -0.05) is 36.9 Å².